The molecule has 7 nitrogen and oxygen atoms in total. The third-order valence-electron chi connectivity index (χ3n) is 6.06. The van der Waals surface area contributed by atoms with E-state index in [0.29, 0.717) is 6.04 Å². The van der Waals surface area contributed by atoms with E-state index in [9.17, 15) is 4.79 Å². The Morgan fingerprint density at radius 2 is 1.85 bits per heavy atom. The smallest absolute Gasteiger partial charge is 0.258 e. The van der Waals surface area contributed by atoms with Gasteiger partial charge in [0.05, 0.1) is 0 Å². The van der Waals surface area contributed by atoms with Crippen molar-refractivity contribution in [2.75, 3.05) is 45.9 Å². The average Bonchev–Trinajstić information content (AvgIpc) is 3.61. The maximum Gasteiger partial charge on any atom is 0.258 e. The van der Waals surface area contributed by atoms with E-state index in [-0.39, 0.29) is 36.5 Å². The van der Waals surface area contributed by atoms with Crippen molar-refractivity contribution < 1.29 is 9.53 Å². The third-order valence-corrected chi connectivity index (χ3v) is 6.06. The van der Waals surface area contributed by atoms with Crippen LogP contribution in [0.4, 0.5) is 0 Å². The van der Waals surface area contributed by atoms with Gasteiger partial charge >= 0.3 is 0 Å². The van der Waals surface area contributed by atoms with Crippen LogP contribution in [0.5, 0.6) is 5.75 Å². The SMILES string of the molecule is CCNC(=NCCCN1CCC(C)CC1)NCCc1ccc(OCC(=O)NC2CC2)cc1.I. The van der Waals surface area contributed by atoms with E-state index in [1.165, 1.54) is 31.5 Å². The highest BCUT2D eigenvalue weighted by Gasteiger charge is 2.23. The van der Waals surface area contributed by atoms with Crippen LogP contribution in [0.25, 0.3) is 0 Å². The number of amides is 1. The number of nitrogens with zero attached hydrogens (tertiary/aromatic N) is 2. The molecule has 0 bridgehead atoms. The number of carbonyl (C=O) groups excluding carboxylic acids is 1. The maximum atomic E-state index is 11.7. The van der Waals surface area contributed by atoms with Crippen LogP contribution in [0.2, 0.25) is 0 Å². The molecular weight excluding hydrogens is 529 g/mol. The normalized spacial score (nSPS) is 17.2. The minimum absolute atomic E-state index is 0. The van der Waals surface area contributed by atoms with E-state index in [1.54, 1.807) is 0 Å². The highest BCUT2D eigenvalue weighted by atomic mass is 127. The quantitative estimate of drug-likeness (QED) is 0.156. The number of piperidine rings is 1. The van der Waals surface area contributed by atoms with Crippen molar-refractivity contribution in [3.05, 3.63) is 29.8 Å². The van der Waals surface area contributed by atoms with Crippen LogP contribution in [0.15, 0.2) is 29.3 Å². The number of hydrogen-bond donors (Lipinski definition) is 3. The number of aliphatic imine (C=N–C) groups is 1. The summed E-state index contributed by atoms with van der Waals surface area (Å²) in [6, 6.07) is 8.34. The Kier molecular flexibility index (Phi) is 12.9. The van der Waals surface area contributed by atoms with Crippen molar-refractivity contribution in [2.45, 2.75) is 58.4 Å². The summed E-state index contributed by atoms with van der Waals surface area (Å²) in [5.74, 6) is 2.46. The molecule has 1 amide bonds. The summed E-state index contributed by atoms with van der Waals surface area (Å²) in [5, 5.41) is 9.70. The van der Waals surface area contributed by atoms with E-state index in [2.05, 4.69) is 46.8 Å². The third kappa shape index (κ3) is 11.4. The first-order valence-electron chi connectivity index (χ1n) is 12.4. The van der Waals surface area contributed by atoms with Crippen LogP contribution in [0, 0.1) is 5.92 Å². The van der Waals surface area contributed by atoms with Crippen LogP contribution in [-0.4, -0.2) is 68.7 Å². The molecule has 0 unspecified atom stereocenters. The summed E-state index contributed by atoms with van der Waals surface area (Å²) in [7, 11) is 0. The van der Waals surface area contributed by atoms with E-state index >= 15 is 0 Å². The van der Waals surface area contributed by atoms with Gasteiger partial charge in [-0.05, 0) is 88.7 Å². The van der Waals surface area contributed by atoms with Gasteiger partial charge in [0.1, 0.15) is 5.75 Å². The zero-order chi connectivity index (χ0) is 22.6. The van der Waals surface area contributed by atoms with Crippen molar-refractivity contribution in [1.29, 1.82) is 0 Å². The molecule has 0 atom stereocenters. The molecule has 2 aliphatic rings. The molecule has 2 fully saturated rings. The van der Waals surface area contributed by atoms with Gasteiger partial charge in [0, 0.05) is 25.7 Å². The second kappa shape index (κ2) is 15.4. The van der Waals surface area contributed by atoms with E-state index < -0.39 is 0 Å². The number of likely N-dealkylation sites (tertiary alicyclic amines) is 1. The first kappa shape index (κ1) is 27.7. The van der Waals surface area contributed by atoms with Crippen molar-refractivity contribution in [2.24, 2.45) is 10.9 Å². The predicted molar refractivity (Wildman–Crippen MR) is 146 cm³/mol. The Labute approximate surface area is 216 Å². The first-order chi connectivity index (χ1) is 15.6. The molecule has 1 heterocycles. The Morgan fingerprint density at radius 3 is 2.52 bits per heavy atom. The lowest BCUT2D eigenvalue weighted by Crippen LogP contribution is -2.38. The number of halogens is 1. The molecule has 1 saturated carbocycles. The van der Waals surface area contributed by atoms with Crippen LogP contribution >= 0.6 is 24.0 Å². The van der Waals surface area contributed by atoms with Gasteiger partial charge in [0.15, 0.2) is 12.6 Å². The van der Waals surface area contributed by atoms with Crippen LogP contribution < -0.4 is 20.7 Å². The fourth-order valence-electron chi connectivity index (χ4n) is 3.84. The van der Waals surface area contributed by atoms with Crippen LogP contribution in [0.1, 0.15) is 51.5 Å². The number of carbonyl (C=O) groups is 1. The summed E-state index contributed by atoms with van der Waals surface area (Å²) in [6.07, 6.45) is 6.84. The summed E-state index contributed by atoms with van der Waals surface area (Å²) < 4.78 is 5.57. The molecule has 0 radical (unpaired) electrons. The van der Waals surface area contributed by atoms with Gasteiger partial charge in [-0.25, -0.2) is 0 Å². The lowest BCUT2D eigenvalue weighted by atomic mass is 9.99. The summed E-state index contributed by atoms with van der Waals surface area (Å²) in [6.45, 7) is 10.7. The standard InChI is InChI=1S/C25H41N5O2.HI/c1-3-26-25(27-14-4-16-30-17-12-20(2)13-18-30)28-15-11-21-5-9-23(10-6-21)32-19-24(31)29-22-7-8-22;/h5-6,9-10,20,22H,3-4,7-8,11-19H2,1-2H3,(H,29,31)(H2,26,27,28);1H. The molecule has 186 valence electrons. The fraction of sp³-hybridized carbons (Fsp3) is 0.680. The second-order valence-electron chi connectivity index (χ2n) is 9.09. The molecule has 33 heavy (non-hydrogen) atoms. The van der Waals surface area contributed by atoms with Crippen LogP contribution in [0.3, 0.4) is 0 Å². The molecule has 1 aliphatic carbocycles. The highest BCUT2D eigenvalue weighted by molar-refractivity contribution is 14.0. The maximum absolute atomic E-state index is 11.7. The molecule has 1 aromatic rings. The van der Waals surface area contributed by atoms with Crippen molar-refractivity contribution >= 4 is 35.8 Å². The number of nitrogens with one attached hydrogen (secondary N) is 3. The summed E-state index contributed by atoms with van der Waals surface area (Å²) in [5.41, 5.74) is 1.22. The minimum Gasteiger partial charge on any atom is -0.484 e. The highest BCUT2D eigenvalue weighted by Crippen LogP contribution is 2.18. The number of guanidine groups is 1. The summed E-state index contributed by atoms with van der Waals surface area (Å²) >= 11 is 0. The zero-order valence-electron chi connectivity index (χ0n) is 20.3. The Balaban J connectivity index is 0.00000385. The Bertz CT molecular complexity index is 716. The molecule has 3 rings (SSSR count). The molecule has 1 aliphatic heterocycles. The van der Waals surface area contributed by atoms with E-state index in [0.717, 1.165) is 69.5 Å². The molecule has 1 aromatic carbocycles. The molecular formula is C25H42IN5O2. The zero-order valence-corrected chi connectivity index (χ0v) is 22.6. The molecule has 0 aromatic heterocycles. The molecule has 3 N–H and O–H groups in total. The topological polar surface area (TPSA) is 78.0 Å². The van der Waals surface area contributed by atoms with Crippen molar-refractivity contribution in [3.8, 4) is 5.75 Å². The number of rotatable bonds is 12. The number of benzene rings is 1. The Hall–Kier alpha value is -1.55. The van der Waals surface area contributed by atoms with E-state index in [4.69, 9.17) is 9.73 Å². The lowest BCUT2D eigenvalue weighted by Gasteiger charge is -2.29. The number of ether oxygens (including phenoxy) is 1. The monoisotopic (exact) mass is 571 g/mol. The minimum atomic E-state index is -0.0402. The molecule has 1 saturated heterocycles. The molecule has 8 heteroatoms. The van der Waals surface area contributed by atoms with Crippen molar-refractivity contribution in [1.82, 2.24) is 20.9 Å². The van der Waals surface area contributed by atoms with Gasteiger partial charge in [-0.1, -0.05) is 19.1 Å². The average molecular weight is 572 g/mol. The van der Waals surface area contributed by atoms with Crippen molar-refractivity contribution in [3.63, 3.8) is 0 Å². The van der Waals surface area contributed by atoms with Gasteiger partial charge in [-0.15, -0.1) is 24.0 Å². The van der Waals surface area contributed by atoms with Crippen LogP contribution in [-0.2, 0) is 11.2 Å². The number of hydrogen-bond acceptors (Lipinski definition) is 4. The Morgan fingerprint density at radius 1 is 1.12 bits per heavy atom. The molecule has 0 spiro atoms. The van der Waals surface area contributed by atoms with Gasteiger partial charge in [0.2, 0.25) is 0 Å². The first-order valence-corrected chi connectivity index (χ1v) is 12.4. The van der Waals surface area contributed by atoms with Gasteiger partial charge in [0.25, 0.3) is 5.91 Å². The second-order valence-corrected chi connectivity index (χ2v) is 9.09. The lowest BCUT2D eigenvalue weighted by molar-refractivity contribution is -0.123. The van der Waals surface area contributed by atoms with E-state index in [1.807, 2.05) is 12.1 Å². The predicted octanol–water partition coefficient (Wildman–Crippen LogP) is 3.18. The van der Waals surface area contributed by atoms with Gasteiger partial charge in [-0.2, -0.15) is 0 Å². The van der Waals surface area contributed by atoms with Gasteiger partial charge < -0.3 is 25.6 Å². The van der Waals surface area contributed by atoms with Gasteiger partial charge in [-0.3, -0.25) is 9.79 Å². The fourth-order valence-corrected chi connectivity index (χ4v) is 3.84. The summed E-state index contributed by atoms with van der Waals surface area (Å²) in [4.78, 5) is 19.0. The largest absolute Gasteiger partial charge is 0.484 e.